The fraction of sp³-hybridized carbons (Fsp3) is 0.500. The topological polar surface area (TPSA) is 61.4 Å². The molecule has 0 atom stereocenters. The van der Waals surface area contributed by atoms with Gasteiger partial charge in [0.15, 0.2) is 0 Å². The number of unbranched alkanes of at least 4 members (excludes halogenated alkanes) is 2. The second-order valence-electron chi connectivity index (χ2n) is 4.26. The molecule has 0 fully saturated rings. The zero-order valence-electron chi connectivity index (χ0n) is 10.9. The number of benzene rings is 1. The van der Waals surface area contributed by atoms with Crippen molar-refractivity contribution in [3.05, 3.63) is 29.8 Å². The maximum atomic E-state index is 11.5. The Kier molecular flexibility index (Phi) is 6.87. The highest BCUT2D eigenvalue weighted by molar-refractivity contribution is 5.89. The van der Waals surface area contributed by atoms with Gasteiger partial charge in [-0.2, -0.15) is 0 Å². The molecule has 0 radical (unpaired) electrons. The number of amides is 2. The number of rotatable bonds is 7. The summed E-state index contributed by atoms with van der Waals surface area (Å²) in [6, 6.07) is 7.33. The number of aliphatic hydroxyl groups excluding tert-OH is 1. The minimum absolute atomic E-state index is 0.144. The Labute approximate surface area is 108 Å². The van der Waals surface area contributed by atoms with E-state index in [2.05, 4.69) is 17.6 Å². The highest BCUT2D eigenvalue weighted by Crippen LogP contribution is 2.09. The molecule has 4 nitrogen and oxygen atoms in total. The molecule has 3 N–H and O–H groups in total. The van der Waals surface area contributed by atoms with Crippen LogP contribution < -0.4 is 10.6 Å². The fourth-order valence-electron chi connectivity index (χ4n) is 1.64. The van der Waals surface area contributed by atoms with E-state index in [4.69, 9.17) is 5.11 Å². The molecule has 2 amide bonds. The van der Waals surface area contributed by atoms with Gasteiger partial charge in [-0.25, -0.2) is 4.79 Å². The van der Waals surface area contributed by atoms with Crippen molar-refractivity contribution in [1.82, 2.24) is 5.32 Å². The Morgan fingerprint density at radius 2 is 1.94 bits per heavy atom. The number of carbonyl (C=O) groups is 1. The van der Waals surface area contributed by atoms with Gasteiger partial charge in [-0.05, 0) is 30.5 Å². The third-order valence-electron chi connectivity index (χ3n) is 2.68. The number of nitrogens with one attached hydrogen (secondary N) is 2. The SMILES string of the molecule is CCCCCNC(=O)Nc1ccc(CCO)cc1. The fourth-order valence-corrected chi connectivity index (χ4v) is 1.64. The Morgan fingerprint density at radius 3 is 2.56 bits per heavy atom. The Bertz CT molecular complexity index is 349. The molecule has 0 aliphatic rings. The van der Waals surface area contributed by atoms with Gasteiger partial charge in [0.05, 0.1) is 0 Å². The average Bonchev–Trinajstić information content (AvgIpc) is 2.37. The maximum absolute atomic E-state index is 11.5. The molecular formula is C14H22N2O2. The van der Waals surface area contributed by atoms with Crippen molar-refractivity contribution in [2.24, 2.45) is 0 Å². The smallest absolute Gasteiger partial charge is 0.319 e. The number of carbonyl (C=O) groups excluding carboxylic acids is 1. The van der Waals surface area contributed by atoms with E-state index >= 15 is 0 Å². The molecule has 1 rings (SSSR count). The normalized spacial score (nSPS) is 10.1. The van der Waals surface area contributed by atoms with Crippen LogP contribution in [0.2, 0.25) is 0 Å². The van der Waals surface area contributed by atoms with Gasteiger partial charge in [0.1, 0.15) is 0 Å². The first-order valence-corrected chi connectivity index (χ1v) is 6.51. The molecule has 0 bridgehead atoms. The molecule has 0 saturated carbocycles. The van der Waals surface area contributed by atoms with Crippen molar-refractivity contribution < 1.29 is 9.90 Å². The van der Waals surface area contributed by atoms with Crippen molar-refractivity contribution in [2.45, 2.75) is 32.6 Å². The number of aliphatic hydroxyl groups is 1. The van der Waals surface area contributed by atoms with E-state index in [-0.39, 0.29) is 12.6 Å². The van der Waals surface area contributed by atoms with E-state index in [1.165, 1.54) is 0 Å². The number of urea groups is 1. The molecule has 0 aromatic heterocycles. The van der Waals surface area contributed by atoms with Gasteiger partial charge in [0.2, 0.25) is 0 Å². The monoisotopic (exact) mass is 250 g/mol. The van der Waals surface area contributed by atoms with Crippen LogP contribution in [-0.2, 0) is 6.42 Å². The van der Waals surface area contributed by atoms with Crippen LogP contribution in [0, 0.1) is 0 Å². The highest BCUT2D eigenvalue weighted by Gasteiger charge is 2.00. The van der Waals surface area contributed by atoms with Crippen LogP contribution in [0.4, 0.5) is 10.5 Å². The van der Waals surface area contributed by atoms with E-state index in [0.717, 1.165) is 30.5 Å². The first-order valence-electron chi connectivity index (χ1n) is 6.51. The lowest BCUT2D eigenvalue weighted by molar-refractivity contribution is 0.252. The van der Waals surface area contributed by atoms with Crippen LogP contribution in [-0.4, -0.2) is 24.3 Å². The number of hydrogen-bond acceptors (Lipinski definition) is 2. The summed E-state index contributed by atoms with van der Waals surface area (Å²) in [5.41, 5.74) is 1.83. The molecule has 100 valence electrons. The van der Waals surface area contributed by atoms with Crippen LogP contribution in [0.5, 0.6) is 0 Å². The van der Waals surface area contributed by atoms with Gasteiger partial charge in [-0.3, -0.25) is 0 Å². The second kappa shape index (κ2) is 8.53. The summed E-state index contributed by atoms with van der Waals surface area (Å²) >= 11 is 0. The predicted molar refractivity (Wildman–Crippen MR) is 73.8 cm³/mol. The van der Waals surface area contributed by atoms with Gasteiger partial charge in [0.25, 0.3) is 0 Å². The summed E-state index contributed by atoms with van der Waals surface area (Å²) in [5.74, 6) is 0. The summed E-state index contributed by atoms with van der Waals surface area (Å²) in [4.78, 5) is 11.5. The highest BCUT2D eigenvalue weighted by atomic mass is 16.3. The van der Waals surface area contributed by atoms with Gasteiger partial charge in [0, 0.05) is 18.8 Å². The second-order valence-corrected chi connectivity index (χ2v) is 4.26. The molecule has 18 heavy (non-hydrogen) atoms. The lowest BCUT2D eigenvalue weighted by atomic mass is 10.1. The maximum Gasteiger partial charge on any atom is 0.319 e. The van der Waals surface area contributed by atoms with Crippen molar-refractivity contribution >= 4 is 11.7 Å². The molecule has 0 unspecified atom stereocenters. The average molecular weight is 250 g/mol. The summed E-state index contributed by atoms with van der Waals surface area (Å²) in [7, 11) is 0. The molecule has 4 heteroatoms. The summed E-state index contributed by atoms with van der Waals surface area (Å²) in [5, 5.41) is 14.4. The molecular weight excluding hydrogens is 228 g/mol. The quantitative estimate of drug-likeness (QED) is 0.651. The molecule has 0 aliphatic carbocycles. The molecule has 1 aromatic rings. The van der Waals surface area contributed by atoms with Crippen LogP contribution in [0.3, 0.4) is 0 Å². The lowest BCUT2D eigenvalue weighted by Gasteiger charge is -2.08. The van der Waals surface area contributed by atoms with E-state index in [0.29, 0.717) is 13.0 Å². The molecule has 0 saturated heterocycles. The van der Waals surface area contributed by atoms with E-state index in [1.54, 1.807) is 0 Å². The van der Waals surface area contributed by atoms with E-state index in [1.807, 2.05) is 24.3 Å². The third-order valence-corrected chi connectivity index (χ3v) is 2.68. The van der Waals surface area contributed by atoms with E-state index in [9.17, 15) is 4.79 Å². The van der Waals surface area contributed by atoms with Crippen LogP contribution in [0.1, 0.15) is 31.7 Å². The Balaban J connectivity index is 2.30. The number of hydrogen-bond donors (Lipinski definition) is 3. The predicted octanol–water partition coefficient (Wildman–Crippen LogP) is 2.53. The van der Waals surface area contributed by atoms with Crippen LogP contribution in [0.25, 0.3) is 0 Å². The summed E-state index contributed by atoms with van der Waals surface area (Å²) < 4.78 is 0. The Morgan fingerprint density at radius 1 is 1.22 bits per heavy atom. The summed E-state index contributed by atoms with van der Waals surface area (Å²) in [6.07, 6.45) is 3.94. The van der Waals surface area contributed by atoms with Gasteiger partial charge >= 0.3 is 6.03 Å². The lowest BCUT2D eigenvalue weighted by Crippen LogP contribution is -2.29. The zero-order valence-corrected chi connectivity index (χ0v) is 10.9. The van der Waals surface area contributed by atoms with Crippen LogP contribution >= 0.6 is 0 Å². The Hall–Kier alpha value is -1.55. The zero-order chi connectivity index (χ0) is 13.2. The van der Waals surface area contributed by atoms with Gasteiger partial charge in [-0.15, -0.1) is 0 Å². The molecule has 0 spiro atoms. The molecule has 0 heterocycles. The van der Waals surface area contributed by atoms with Crippen molar-refractivity contribution in [1.29, 1.82) is 0 Å². The first-order chi connectivity index (χ1) is 8.76. The van der Waals surface area contributed by atoms with E-state index < -0.39 is 0 Å². The largest absolute Gasteiger partial charge is 0.396 e. The molecule has 1 aromatic carbocycles. The summed E-state index contributed by atoms with van der Waals surface area (Å²) in [6.45, 7) is 2.99. The first kappa shape index (κ1) is 14.5. The third kappa shape index (κ3) is 5.68. The van der Waals surface area contributed by atoms with Crippen molar-refractivity contribution in [3.63, 3.8) is 0 Å². The van der Waals surface area contributed by atoms with Gasteiger partial charge in [-0.1, -0.05) is 31.9 Å². The minimum atomic E-state index is -0.166. The van der Waals surface area contributed by atoms with Crippen LogP contribution in [0.15, 0.2) is 24.3 Å². The van der Waals surface area contributed by atoms with Crippen molar-refractivity contribution in [2.75, 3.05) is 18.5 Å². The van der Waals surface area contributed by atoms with Crippen molar-refractivity contribution in [3.8, 4) is 0 Å². The number of anilines is 1. The molecule has 0 aliphatic heterocycles. The van der Waals surface area contributed by atoms with Gasteiger partial charge < -0.3 is 15.7 Å². The standard InChI is InChI=1S/C14H22N2O2/c1-2-3-4-10-15-14(18)16-13-7-5-12(6-8-13)9-11-17/h5-8,17H,2-4,9-11H2,1H3,(H2,15,16,18). The minimum Gasteiger partial charge on any atom is -0.396 e.